The van der Waals surface area contributed by atoms with Gasteiger partial charge in [0.15, 0.2) is 5.78 Å². The highest BCUT2D eigenvalue weighted by molar-refractivity contribution is 5.97. The van der Waals surface area contributed by atoms with Crippen LogP contribution in [0.5, 0.6) is 0 Å². The Kier molecular flexibility index (Phi) is 5.94. The Hall–Kier alpha value is -0.590. The van der Waals surface area contributed by atoms with Crippen molar-refractivity contribution in [2.75, 3.05) is 0 Å². The van der Waals surface area contributed by atoms with Crippen molar-refractivity contribution in [2.24, 2.45) is 11.8 Å². The first kappa shape index (κ1) is 14.5. The zero-order valence-electron chi connectivity index (χ0n) is 12.0. The molecule has 98 valence electrons. The number of hydrogen-bond donors (Lipinski definition) is 0. The van der Waals surface area contributed by atoms with Gasteiger partial charge in [0.2, 0.25) is 0 Å². The molecule has 0 heterocycles. The standard InChI is InChI=1S/C16H28O/c1-5-6-7-8-9-14-10-13(4)11-15(17)16(14)12(2)3/h12-13H,5-11H2,1-4H3/t13-/m0/s1. The van der Waals surface area contributed by atoms with Gasteiger partial charge in [-0.05, 0) is 36.7 Å². The van der Waals surface area contributed by atoms with Gasteiger partial charge >= 0.3 is 0 Å². The molecule has 0 amide bonds. The van der Waals surface area contributed by atoms with E-state index in [2.05, 4.69) is 27.7 Å². The number of hydrogen-bond acceptors (Lipinski definition) is 1. The zero-order chi connectivity index (χ0) is 12.8. The molecule has 0 saturated heterocycles. The van der Waals surface area contributed by atoms with Gasteiger partial charge in [-0.15, -0.1) is 0 Å². The summed E-state index contributed by atoms with van der Waals surface area (Å²) in [6, 6.07) is 0. The van der Waals surface area contributed by atoms with E-state index in [4.69, 9.17) is 0 Å². The number of unbranched alkanes of at least 4 members (excludes halogenated alkanes) is 3. The molecule has 0 aromatic heterocycles. The SMILES string of the molecule is CCCCCCC1=C(C(C)C)C(=O)C[C@@H](C)C1. The molecule has 1 aliphatic carbocycles. The topological polar surface area (TPSA) is 17.1 Å². The summed E-state index contributed by atoms with van der Waals surface area (Å²) in [6.45, 7) is 8.77. The van der Waals surface area contributed by atoms with Crippen LogP contribution in [-0.2, 0) is 4.79 Å². The lowest BCUT2D eigenvalue weighted by Crippen LogP contribution is -2.21. The fraction of sp³-hybridized carbons (Fsp3) is 0.812. The first-order chi connectivity index (χ1) is 8.06. The third-order valence-electron chi connectivity index (χ3n) is 3.72. The van der Waals surface area contributed by atoms with E-state index >= 15 is 0 Å². The molecule has 0 aliphatic heterocycles. The van der Waals surface area contributed by atoms with Gasteiger partial charge in [0, 0.05) is 6.42 Å². The molecule has 0 saturated carbocycles. The Morgan fingerprint density at radius 3 is 2.47 bits per heavy atom. The summed E-state index contributed by atoms with van der Waals surface area (Å²) in [5.74, 6) is 1.39. The molecule has 0 fully saturated rings. The maximum absolute atomic E-state index is 12.1. The van der Waals surface area contributed by atoms with E-state index in [-0.39, 0.29) is 0 Å². The highest BCUT2D eigenvalue weighted by Crippen LogP contribution is 2.33. The van der Waals surface area contributed by atoms with E-state index in [1.54, 1.807) is 0 Å². The van der Waals surface area contributed by atoms with E-state index in [1.807, 2.05) is 0 Å². The van der Waals surface area contributed by atoms with Crippen molar-refractivity contribution in [3.05, 3.63) is 11.1 Å². The summed E-state index contributed by atoms with van der Waals surface area (Å²) in [4.78, 5) is 12.1. The lowest BCUT2D eigenvalue weighted by Gasteiger charge is -2.26. The van der Waals surface area contributed by atoms with Gasteiger partial charge in [-0.2, -0.15) is 0 Å². The van der Waals surface area contributed by atoms with Crippen LogP contribution in [0.25, 0.3) is 0 Å². The van der Waals surface area contributed by atoms with Gasteiger partial charge < -0.3 is 0 Å². The van der Waals surface area contributed by atoms with Crippen molar-refractivity contribution < 1.29 is 4.79 Å². The quantitative estimate of drug-likeness (QED) is 0.599. The molecule has 0 radical (unpaired) electrons. The van der Waals surface area contributed by atoms with Gasteiger partial charge in [-0.1, -0.05) is 52.5 Å². The van der Waals surface area contributed by atoms with Crippen LogP contribution < -0.4 is 0 Å². The fourth-order valence-corrected chi connectivity index (χ4v) is 2.96. The summed E-state index contributed by atoms with van der Waals surface area (Å²) >= 11 is 0. The number of rotatable bonds is 6. The first-order valence-corrected chi connectivity index (χ1v) is 7.31. The highest BCUT2D eigenvalue weighted by Gasteiger charge is 2.26. The van der Waals surface area contributed by atoms with E-state index in [0.717, 1.165) is 19.3 Å². The molecule has 1 heteroatoms. The van der Waals surface area contributed by atoms with Crippen LogP contribution in [0.15, 0.2) is 11.1 Å². The number of Topliss-reactive ketones (excluding diaryl/α,β-unsaturated/α-hetero) is 1. The molecule has 17 heavy (non-hydrogen) atoms. The Balaban J connectivity index is 2.67. The normalized spacial score (nSPS) is 21.5. The summed E-state index contributed by atoms with van der Waals surface area (Å²) in [7, 11) is 0. The molecule has 1 atom stereocenters. The van der Waals surface area contributed by atoms with Crippen molar-refractivity contribution in [1.29, 1.82) is 0 Å². The van der Waals surface area contributed by atoms with Gasteiger partial charge in [-0.25, -0.2) is 0 Å². The van der Waals surface area contributed by atoms with Crippen LogP contribution >= 0.6 is 0 Å². The van der Waals surface area contributed by atoms with Crippen LogP contribution in [-0.4, -0.2) is 5.78 Å². The monoisotopic (exact) mass is 236 g/mol. The summed E-state index contributed by atoms with van der Waals surface area (Å²) < 4.78 is 0. The van der Waals surface area contributed by atoms with Crippen LogP contribution in [0.2, 0.25) is 0 Å². The molecule has 0 unspecified atom stereocenters. The predicted octanol–water partition coefficient (Wildman–Crippen LogP) is 4.91. The Bertz CT molecular complexity index is 286. The molecular formula is C16H28O. The largest absolute Gasteiger partial charge is 0.295 e. The van der Waals surface area contributed by atoms with Crippen LogP contribution in [0.1, 0.15) is 72.6 Å². The molecule has 0 aromatic carbocycles. The first-order valence-electron chi connectivity index (χ1n) is 7.31. The molecular weight excluding hydrogens is 208 g/mol. The third-order valence-corrected chi connectivity index (χ3v) is 3.72. The summed E-state index contributed by atoms with van der Waals surface area (Å²) in [5, 5.41) is 0. The number of carbonyl (C=O) groups excluding carboxylic acids is 1. The molecule has 0 spiro atoms. The van der Waals surface area contributed by atoms with Crippen molar-refractivity contribution in [1.82, 2.24) is 0 Å². The molecule has 0 bridgehead atoms. The van der Waals surface area contributed by atoms with Gasteiger partial charge in [-0.3, -0.25) is 4.79 Å². The maximum atomic E-state index is 12.1. The maximum Gasteiger partial charge on any atom is 0.159 e. The Morgan fingerprint density at radius 2 is 1.88 bits per heavy atom. The smallest absolute Gasteiger partial charge is 0.159 e. The van der Waals surface area contributed by atoms with Crippen molar-refractivity contribution >= 4 is 5.78 Å². The molecule has 1 rings (SSSR count). The summed E-state index contributed by atoms with van der Waals surface area (Å²) in [6.07, 6.45) is 8.27. The lowest BCUT2D eigenvalue weighted by atomic mass is 9.78. The molecule has 1 aliphatic rings. The minimum absolute atomic E-state index is 0.413. The number of allylic oxidation sites excluding steroid dienone is 2. The fourth-order valence-electron chi connectivity index (χ4n) is 2.96. The third kappa shape index (κ3) is 4.29. The van der Waals surface area contributed by atoms with Crippen molar-refractivity contribution in [2.45, 2.75) is 72.6 Å². The van der Waals surface area contributed by atoms with Crippen LogP contribution in [0.3, 0.4) is 0 Å². The van der Waals surface area contributed by atoms with E-state index in [1.165, 1.54) is 36.8 Å². The second kappa shape index (κ2) is 6.98. The number of carbonyl (C=O) groups is 1. The van der Waals surface area contributed by atoms with Crippen LogP contribution in [0.4, 0.5) is 0 Å². The van der Waals surface area contributed by atoms with Crippen molar-refractivity contribution in [3.63, 3.8) is 0 Å². The molecule has 0 aromatic rings. The lowest BCUT2D eigenvalue weighted by molar-refractivity contribution is -0.117. The van der Waals surface area contributed by atoms with Gasteiger partial charge in [0.05, 0.1) is 0 Å². The van der Waals surface area contributed by atoms with E-state index in [0.29, 0.717) is 17.6 Å². The Labute approximate surface area is 107 Å². The predicted molar refractivity (Wildman–Crippen MR) is 74.0 cm³/mol. The number of ketones is 1. The molecule has 1 nitrogen and oxygen atoms in total. The van der Waals surface area contributed by atoms with Gasteiger partial charge in [0.1, 0.15) is 0 Å². The van der Waals surface area contributed by atoms with E-state index < -0.39 is 0 Å². The van der Waals surface area contributed by atoms with E-state index in [9.17, 15) is 4.79 Å². The second-order valence-electron chi connectivity index (χ2n) is 5.92. The minimum Gasteiger partial charge on any atom is -0.295 e. The minimum atomic E-state index is 0.413. The van der Waals surface area contributed by atoms with Crippen LogP contribution in [0, 0.1) is 11.8 Å². The Morgan fingerprint density at radius 1 is 1.18 bits per heavy atom. The molecule has 0 N–H and O–H groups in total. The highest BCUT2D eigenvalue weighted by atomic mass is 16.1. The average Bonchev–Trinajstić information content (AvgIpc) is 2.22. The summed E-state index contributed by atoms with van der Waals surface area (Å²) in [5.41, 5.74) is 2.64. The zero-order valence-corrected chi connectivity index (χ0v) is 12.0. The van der Waals surface area contributed by atoms with Crippen molar-refractivity contribution in [3.8, 4) is 0 Å². The second-order valence-corrected chi connectivity index (χ2v) is 5.92. The van der Waals surface area contributed by atoms with Gasteiger partial charge in [0.25, 0.3) is 0 Å². The average molecular weight is 236 g/mol.